The Kier molecular flexibility index (Phi) is 5.79. The van der Waals surface area contributed by atoms with Gasteiger partial charge < -0.3 is 14.6 Å². The zero-order chi connectivity index (χ0) is 20.4. The summed E-state index contributed by atoms with van der Waals surface area (Å²) < 4.78 is 7.55. The molecule has 2 aliphatic heterocycles. The van der Waals surface area contributed by atoms with Crippen molar-refractivity contribution in [3.8, 4) is 0 Å². The van der Waals surface area contributed by atoms with Gasteiger partial charge in [0.15, 0.2) is 5.16 Å². The molecule has 2 saturated heterocycles. The van der Waals surface area contributed by atoms with Crippen LogP contribution in [0.1, 0.15) is 32.4 Å². The lowest BCUT2D eigenvalue weighted by atomic mass is 10.0. The number of urea groups is 1. The van der Waals surface area contributed by atoms with Crippen LogP contribution in [0.15, 0.2) is 28.0 Å². The molecule has 2 aromatic heterocycles. The van der Waals surface area contributed by atoms with Crippen LogP contribution in [0.5, 0.6) is 0 Å². The summed E-state index contributed by atoms with van der Waals surface area (Å²) >= 11 is 1.32. The van der Waals surface area contributed by atoms with Gasteiger partial charge in [-0.05, 0) is 37.8 Å². The third kappa shape index (κ3) is 4.26. The second kappa shape index (κ2) is 8.48. The smallest absolute Gasteiger partial charge is 0.324 e. The highest BCUT2D eigenvalue weighted by atomic mass is 32.2. The zero-order valence-electron chi connectivity index (χ0n) is 16.7. The minimum atomic E-state index is -0.452. The lowest BCUT2D eigenvalue weighted by Gasteiger charge is -2.31. The number of carbonyl (C=O) groups excluding carboxylic acids is 2. The molecule has 2 atom stereocenters. The number of anilines is 1. The van der Waals surface area contributed by atoms with Crippen molar-refractivity contribution in [3.63, 3.8) is 0 Å². The number of furan rings is 1. The SMILES string of the molecule is C[C@H]1CCCN(c2nnc(S[C@H](C)C(=O)N3CCNC3=O)n2Cc2ccco2)C1. The summed E-state index contributed by atoms with van der Waals surface area (Å²) in [6.07, 6.45) is 3.98. The molecule has 3 amide bonds. The number of nitrogens with zero attached hydrogens (tertiary/aromatic N) is 5. The van der Waals surface area contributed by atoms with Crippen LogP contribution < -0.4 is 10.2 Å². The molecule has 4 rings (SSSR count). The van der Waals surface area contributed by atoms with Gasteiger partial charge in [-0.3, -0.25) is 14.3 Å². The van der Waals surface area contributed by atoms with E-state index in [0.29, 0.717) is 30.7 Å². The highest BCUT2D eigenvalue weighted by molar-refractivity contribution is 8.00. The van der Waals surface area contributed by atoms with Gasteiger partial charge in [0.1, 0.15) is 5.76 Å². The van der Waals surface area contributed by atoms with Gasteiger partial charge in [-0.1, -0.05) is 18.7 Å². The Labute approximate surface area is 173 Å². The Morgan fingerprint density at radius 3 is 2.97 bits per heavy atom. The van der Waals surface area contributed by atoms with Gasteiger partial charge >= 0.3 is 6.03 Å². The van der Waals surface area contributed by atoms with E-state index in [4.69, 9.17) is 4.42 Å². The monoisotopic (exact) mass is 418 g/mol. The molecule has 4 heterocycles. The molecule has 10 heteroatoms. The highest BCUT2D eigenvalue weighted by Gasteiger charge is 2.32. The summed E-state index contributed by atoms with van der Waals surface area (Å²) in [5, 5.41) is 11.7. The lowest BCUT2D eigenvalue weighted by Crippen LogP contribution is -2.39. The number of imide groups is 1. The maximum Gasteiger partial charge on any atom is 0.324 e. The topological polar surface area (TPSA) is 96.5 Å². The molecule has 0 radical (unpaired) electrons. The molecule has 1 N–H and O–H groups in total. The van der Waals surface area contributed by atoms with Crippen LogP contribution in [0.2, 0.25) is 0 Å². The summed E-state index contributed by atoms with van der Waals surface area (Å²) in [5.41, 5.74) is 0. The van der Waals surface area contributed by atoms with E-state index >= 15 is 0 Å². The van der Waals surface area contributed by atoms with Crippen molar-refractivity contribution >= 4 is 29.6 Å². The number of aromatic nitrogens is 3. The number of piperidine rings is 1. The van der Waals surface area contributed by atoms with Crippen LogP contribution in [0.3, 0.4) is 0 Å². The van der Waals surface area contributed by atoms with Crippen molar-refractivity contribution < 1.29 is 14.0 Å². The second-order valence-corrected chi connectivity index (χ2v) is 8.93. The van der Waals surface area contributed by atoms with E-state index < -0.39 is 5.25 Å². The van der Waals surface area contributed by atoms with Gasteiger partial charge in [-0.2, -0.15) is 0 Å². The Hall–Kier alpha value is -2.49. The first kappa shape index (κ1) is 19.8. The molecular formula is C19H26N6O3S. The van der Waals surface area contributed by atoms with Crippen LogP contribution in [-0.4, -0.2) is 63.0 Å². The van der Waals surface area contributed by atoms with E-state index in [1.165, 1.54) is 23.1 Å². The molecule has 2 fully saturated rings. The molecule has 0 saturated carbocycles. The van der Waals surface area contributed by atoms with E-state index in [2.05, 4.69) is 27.3 Å². The van der Waals surface area contributed by atoms with Crippen LogP contribution >= 0.6 is 11.8 Å². The summed E-state index contributed by atoms with van der Waals surface area (Å²) in [6, 6.07) is 3.44. The molecule has 0 aromatic carbocycles. The molecule has 0 aliphatic carbocycles. The predicted octanol–water partition coefficient (Wildman–Crippen LogP) is 2.19. The number of nitrogens with one attached hydrogen (secondary N) is 1. The van der Waals surface area contributed by atoms with Crippen molar-refractivity contribution in [3.05, 3.63) is 24.2 Å². The third-order valence-corrected chi connectivity index (χ3v) is 6.35. The standard InChI is InChI=1S/C19H26N6O3S/c1-13-5-3-8-23(11-13)17-21-22-19(25(17)12-15-6-4-10-28-15)29-14(2)16(26)24-9-7-20-18(24)27/h4,6,10,13-14H,3,5,7-9,11-12H2,1-2H3,(H,20,27)/t13-,14+/m0/s1. The van der Waals surface area contributed by atoms with Crippen LogP contribution in [0.25, 0.3) is 0 Å². The average molecular weight is 419 g/mol. The number of thioether (sulfide) groups is 1. The largest absolute Gasteiger partial charge is 0.467 e. The molecule has 2 aliphatic rings. The number of hydrogen-bond acceptors (Lipinski definition) is 7. The van der Waals surface area contributed by atoms with Gasteiger partial charge in [0, 0.05) is 26.2 Å². The Morgan fingerprint density at radius 2 is 2.28 bits per heavy atom. The number of amides is 3. The molecule has 9 nitrogen and oxygen atoms in total. The number of rotatable bonds is 6. The Balaban J connectivity index is 1.57. The fourth-order valence-electron chi connectivity index (χ4n) is 3.78. The molecule has 156 valence electrons. The minimum Gasteiger partial charge on any atom is -0.467 e. The van der Waals surface area contributed by atoms with Crippen molar-refractivity contribution in [2.24, 2.45) is 5.92 Å². The van der Waals surface area contributed by atoms with Crippen molar-refractivity contribution in [1.82, 2.24) is 25.0 Å². The van der Waals surface area contributed by atoms with Crippen molar-refractivity contribution in [1.29, 1.82) is 0 Å². The Morgan fingerprint density at radius 1 is 1.41 bits per heavy atom. The van der Waals surface area contributed by atoms with Gasteiger partial charge in [-0.15, -0.1) is 10.2 Å². The second-order valence-electron chi connectivity index (χ2n) is 7.62. The van der Waals surface area contributed by atoms with E-state index in [9.17, 15) is 9.59 Å². The maximum absolute atomic E-state index is 12.7. The van der Waals surface area contributed by atoms with Gasteiger partial charge in [0.05, 0.1) is 18.1 Å². The first-order valence-corrected chi connectivity index (χ1v) is 10.9. The number of hydrogen-bond donors (Lipinski definition) is 1. The summed E-state index contributed by atoms with van der Waals surface area (Å²) in [4.78, 5) is 28.0. The van der Waals surface area contributed by atoms with Crippen molar-refractivity contribution in [2.75, 3.05) is 31.1 Å². The third-order valence-electron chi connectivity index (χ3n) is 5.28. The fraction of sp³-hybridized carbons (Fsp3) is 0.579. The van der Waals surface area contributed by atoms with E-state index in [-0.39, 0.29) is 11.9 Å². The van der Waals surface area contributed by atoms with E-state index in [0.717, 1.165) is 31.2 Å². The lowest BCUT2D eigenvalue weighted by molar-refractivity contribution is -0.126. The molecule has 0 bridgehead atoms. The van der Waals surface area contributed by atoms with Gasteiger partial charge in [0.25, 0.3) is 0 Å². The molecule has 0 unspecified atom stereocenters. The van der Waals surface area contributed by atoms with Gasteiger partial charge in [0.2, 0.25) is 11.9 Å². The summed E-state index contributed by atoms with van der Waals surface area (Å²) in [6.45, 7) is 7.31. The summed E-state index contributed by atoms with van der Waals surface area (Å²) in [7, 11) is 0. The van der Waals surface area contributed by atoms with Crippen LogP contribution in [0.4, 0.5) is 10.7 Å². The Bertz CT molecular complexity index is 867. The first-order valence-electron chi connectivity index (χ1n) is 9.99. The molecule has 29 heavy (non-hydrogen) atoms. The maximum atomic E-state index is 12.7. The fourth-order valence-corrected chi connectivity index (χ4v) is 4.69. The minimum absolute atomic E-state index is 0.217. The highest BCUT2D eigenvalue weighted by Crippen LogP contribution is 2.30. The van der Waals surface area contributed by atoms with Crippen molar-refractivity contribution in [2.45, 2.75) is 43.6 Å². The van der Waals surface area contributed by atoms with E-state index in [1.54, 1.807) is 13.2 Å². The summed E-state index contributed by atoms with van der Waals surface area (Å²) in [5.74, 6) is 1.98. The van der Waals surface area contributed by atoms with E-state index in [1.807, 2.05) is 16.7 Å². The average Bonchev–Trinajstić information content (AvgIpc) is 3.44. The normalized spacial score (nSPS) is 20.8. The molecule has 2 aromatic rings. The van der Waals surface area contributed by atoms with Gasteiger partial charge in [-0.25, -0.2) is 4.79 Å². The molecule has 0 spiro atoms. The first-order chi connectivity index (χ1) is 14.0. The quantitative estimate of drug-likeness (QED) is 0.718. The van der Waals surface area contributed by atoms with Crippen LogP contribution in [-0.2, 0) is 11.3 Å². The molecular weight excluding hydrogens is 392 g/mol. The zero-order valence-corrected chi connectivity index (χ0v) is 17.5. The van der Waals surface area contributed by atoms with Crippen LogP contribution in [0, 0.1) is 5.92 Å². The predicted molar refractivity (Wildman–Crippen MR) is 109 cm³/mol. The number of carbonyl (C=O) groups is 2.